The van der Waals surface area contributed by atoms with Crippen LogP contribution in [-0.2, 0) is 6.61 Å². The standard InChI is InChI=1S/C32H40F4N10O2/c1-18-13-20(3)45(43-18)30-40-25(16-27(42-30)38-23-7-11-32(35,36)12-8-23)21(4)48-28-14-19(2)44-46(28)29-39-24(17-47)15-26(41-29)37-22-5-9-31(33,34)10-6-22/h13-16,21-23,47H,5-12,17H2,1-4H3,(H,37,39,41)(H,38,40,42). The van der Waals surface area contributed by atoms with Gasteiger partial charge in [0.25, 0.3) is 11.9 Å². The molecule has 0 saturated heterocycles. The van der Waals surface area contributed by atoms with Gasteiger partial charge in [0.05, 0.1) is 29.4 Å². The molecule has 258 valence electrons. The summed E-state index contributed by atoms with van der Waals surface area (Å²) >= 11 is 0. The summed E-state index contributed by atoms with van der Waals surface area (Å²) < 4.78 is 64.6. The Morgan fingerprint density at radius 3 is 1.83 bits per heavy atom. The van der Waals surface area contributed by atoms with Crippen molar-refractivity contribution < 1.29 is 27.4 Å². The fourth-order valence-corrected chi connectivity index (χ4v) is 6.13. The SMILES string of the molecule is Cc1cc(C)n(-c2nc(NC3CCC(F)(F)CC3)cc(C(C)Oc3cc(C)nn3-c3nc(CO)cc(NC4CCC(F)(F)CC4)n3)n2)n1. The van der Waals surface area contributed by atoms with Gasteiger partial charge in [-0.1, -0.05) is 0 Å². The summed E-state index contributed by atoms with van der Waals surface area (Å²) in [5, 5.41) is 25.5. The van der Waals surface area contributed by atoms with Crippen LogP contribution in [0.2, 0.25) is 0 Å². The number of hydrogen-bond donors (Lipinski definition) is 3. The minimum atomic E-state index is -2.66. The quantitative estimate of drug-likeness (QED) is 0.167. The van der Waals surface area contributed by atoms with Crippen LogP contribution in [0.4, 0.5) is 29.2 Å². The summed E-state index contributed by atoms with van der Waals surface area (Å²) in [5.41, 5.74) is 3.04. The average Bonchev–Trinajstić information content (AvgIpc) is 3.58. The summed E-state index contributed by atoms with van der Waals surface area (Å²) in [6, 6.07) is 6.56. The van der Waals surface area contributed by atoms with E-state index in [2.05, 4.69) is 35.8 Å². The lowest BCUT2D eigenvalue weighted by Crippen LogP contribution is -2.32. The first-order valence-electron chi connectivity index (χ1n) is 16.2. The Kier molecular flexibility index (Phi) is 9.29. The van der Waals surface area contributed by atoms with Crippen LogP contribution in [0.25, 0.3) is 11.9 Å². The second-order valence-corrected chi connectivity index (χ2v) is 12.9. The van der Waals surface area contributed by atoms with Crippen LogP contribution in [0.15, 0.2) is 24.3 Å². The van der Waals surface area contributed by atoms with Crippen molar-refractivity contribution in [1.82, 2.24) is 39.5 Å². The van der Waals surface area contributed by atoms with Gasteiger partial charge in [-0.15, -0.1) is 0 Å². The van der Waals surface area contributed by atoms with Crippen LogP contribution in [0.3, 0.4) is 0 Å². The van der Waals surface area contributed by atoms with Crippen LogP contribution in [0, 0.1) is 20.8 Å². The Balaban J connectivity index is 1.27. The molecule has 16 heteroatoms. The highest BCUT2D eigenvalue weighted by Gasteiger charge is 2.36. The first kappa shape index (κ1) is 33.6. The molecule has 2 aliphatic rings. The number of rotatable bonds is 10. The molecule has 12 nitrogen and oxygen atoms in total. The van der Waals surface area contributed by atoms with Crippen LogP contribution in [0.1, 0.15) is 92.9 Å². The molecule has 0 aromatic carbocycles. The molecule has 2 saturated carbocycles. The predicted octanol–water partition coefficient (Wildman–Crippen LogP) is 6.18. The fraction of sp³-hybridized carbons (Fsp3) is 0.562. The van der Waals surface area contributed by atoms with E-state index in [0.29, 0.717) is 53.4 Å². The number of ether oxygens (including phenoxy) is 1. The molecule has 4 aromatic heterocycles. The zero-order valence-corrected chi connectivity index (χ0v) is 27.4. The highest BCUT2D eigenvalue weighted by molar-refractivity contribution is 5.43. The third-order valence-corrected chi connectivity index (χ3v) is 8.70. The Morgan fingerprint density at radius 2 is 1.29 bits per heavy atom. The van der Waals surface area contributed by atoms with Crippen molar-refractivity contribution in [2.24, 2.45) is 0 Å². The molecule has 0 radical (unpaired) electrons. The van der Waals surface area contributed by atoms with E-state index in [9.17, 15) is 22.7 Å². The topological polar surface area (TPSA) is 141 Å². The van der Waals surface area contributed by atoms with Crippen LogP contribution in [0.5, 0.6) is 5.88 Å². The summed E-state index contributed by atoms with van der Waals surface area (Å²) in [7, 11) is 0. The maximum atomic E-state index is 13.8. The lowest BCUT2D eigenvalue weighted by molar-refractivity contribution is -0.0366. The number of aliphatic hydroxyl groups is 1. The summed E-state index contributed by atoms with van der Waals surface area (Å²) in [4.78, 5) is 18.5. The second kappa shape index (κ2) is 13.3. The van der Waals surface area contributed by atoms with E-state index in [0.717, 1.165) is 11.4 Å². The zero-order valence-electron chi connectivity index (χ0n) is 27.4. The van der Waals surface area contributed by atoms with Gasteiger partial charge in [0.1, 0.15) is 17.7 Å². The molecule has 0 bridgehead atoms. The van der Waals surface area contributed by atoms with Crippen molar-refractivity contribution in [2.75, 3.05) is 10.6 Å². The minimum absolute atomic E-state index is 0.128. The molecule has 0 aliphatic heterocycles. The molecule has 3 N–H and O–H groups in total. The number of hydrogen-bond acceptors (Lipinski definition) is 10. The number of nitrogens with one attached hydrogen (secondary N) is 2. The molecule has 6 rings (SSSR count). The highest BCUT2D eigenvalue weighted by Crippen LogP contribution is 2.36. The van der Waals surface area contributed by atoms with Crippen LogP contribution in [-0.4, -0.2) is 68.5 Å². The first-order valence-corrected chi connectivity index (χ1v) is 16.2. The molecule has 0 spiro atoms. The molecule has 4 heterocycles. The number of halogens is 4. The molecule has 48 heavy (non-hydrogen) atoms. The van der Waals surface area contributed by atoms with Crippen molar-refractivity contribution >= 4 is 11.6 Å². The molecular weight excluding hydrogens is 632 g/mol. The molecule has 1 unspecified atom stereocenters. The number of anilines is 2. The van der Waals surface area contributed by atoms with Crippen LogP contribution >= 0.6 is 0 Å². The monoisotopic (exact) mass is 672 g/mol. The molecule has 1 atom stereocenters. The van der Waals surface area contributed by atoms with Crippen LogP contribution < -0.4 is 15.4 Å². The minimum Gasteiger partial charge on any atom is -0.468 e. The van der Waals surface area contributed by atoms with E-state index in [1.807, 2.05) is 26.8 Å². The Hall–Kier alpha value is -4.34. The fourth-order valence-electron chi connectivity index (χ4n) is 6.13. The van der Waals surface area contributed by atoms with E-state index in [4.69, 9.17) is 9.72 Å². The number of aliphatic hydroxyl groups excluding tert-OH is 1. The van der Waals surface area contributed by atoms with Gasteiger partial charge in [-0.3, -0.25) is 0 Å². The highest BCUT2D eigenvalue weighted by atomic mass is 19.3. The van der Waals surface area contributed by atoms with Crippen molar-refractivity contribution in [2.45, 2.75) is 116 Å². The number of aryl methyl sites for hydroxylation is 3. The summed E-state index contributed by atoms with van der Waals surface area (Å²) in [6.45, 7) is 6.98. The molecule has 2 aliphatic carbocycles. The van der Waals surface area contributed by atoms with Crippen molar-refractivity contribution in [1.29, 1.82) is 0 Å². The Bertz CT molecular complexity index is 1740. The molecular formula is C32H40F4N10O2. The van der Waals surface area contributed by atoms with E-state index in [-0.39, 0.29) is 63.2 Å². The summed E-state index contributed by atoms with van der Waals surface area (Å²) in [5.74, 6) is -3.74. The smallest absolute Gasteiger partial charge is 0.256 e. The van der Waals surface area contributed by atoms with Gasteiger partial charge in [-0.05, 0) is 59.4 Å². The van der Waals surface area contributed by atoms with Gasteiger partial charge in [-0.25, -0.2) is 32.2 Å². The number of alkyl halides is 4. The zero-order chi connectivity index (χ0) is 34.2. The Morgan fingerprint density at radius 1 is 0.771 bits per heavy atom. The maximum Gasteiger partial charge on any atom is 0.256 e. The third-order valence-electron chi connectivity index (χ3n) is 8.70. The first-order chi connectivity index (χ1) is 22.8. The molecule has 2 fully saturated rings. The van der Waals surface area contributed by atoms with E-state index < -0.39 is 17.9 Å². The maximum absolute atomic E-state index is 13.8. The lowest BCUT2D eigenvalue weighted by atomic mass is 9.92. The largest absolute Gasteiger partial charge is 0.468 e. The second-order valence-electron chi connectivity index (χ2n) is 12.9. The number of aromatic nitrogens is 8. The number of nitrogens with zero attached hydrogens (tertiary/aromatic N) is 8. The normalized spacial score (nSPS) is 18.9. The third kappa shape index (κ3) is 7.85. The lowest BCUT2D eigenvalue weighted by Gasteiger charge is -2.29. The van der Waals surface area contributed by atoms with Gasteiger partial charge < -0.3 is 20.5 Å². The predicted molar refractivity (Wildman–Crippen MR) is 169 cm³/mol. The van der Waals surface area contributed by atoms with Gasteiger partial charge >= 0.3 is 0 Å². The molecule has 0 amide bonds. The van der Waals surface area contributed by atoms with Gasteiger partial charge in [0, 0.05) is 61.7 Å². The summed E-state index contributed by atoms with van der Waals surface area (Å²) in [6.07, 6.45) is -0.258. The van der Waals surface area contributed by atoms with Crippen molar-refractivity contribution in [3.05, 3.63) is 52.7 Å². The van der Waals surface area contributed by atoms with Crippen molar-refractivity contribution in [3.8, 4) is 17.8 Å². The van der Waals surface area contributed by atoms with Gasteiger partial charge in [0.2, 0.25) is 17.7 Å². The van der Waals surface area contributed by atoms with E-state index in [1.165, 1.54) is 4.68 Å². The van der Waals surface area contributed by atoms with E-state index in [1.54, 1.807) is 29.8 Å². The van der Waals surface area contributed by atoms with Crippen molar-refractivity contribution in [3.63, 3.8) is 0 Å². The molecule has 4 aromatic rings. The van der Waals surface area contributed by atoms with Gasteiger partial charge in [-0.2, -0.15) is 24.8 Å². The van der Waals surface area contributed by atoms with Gasteiger partial charge in [0.15, 0.2) is 0 Å². The Labute approximate surface area is 275 Å². The average molecular weight is 673 g/mol. The van der Waals surface area contributed by atoms with E-state index >= 15 is 0 Å².